The Bertz CT molecular complexity index is 601. The zero-order chi connectivity index (χ0) is 15.8. The monoisotopic (exact) mass is 317 g/mol. The highest BCUT2D eigenvalue weighted by Gasteiger charge is 2.15. The molecule has 2 aromatic rings. The second-order valence-corrected chi connectivity index (χ2v) is 5.48. The van der Waals surface area contributed by atoms with Gasteiger partial charge >= 0.3 is 0 Å². The van der Waals surface area contributed by atoms with Crippen molar-refractivity contribution in [3.05, 3.63) is 65.2 Å². The first-order chi connectivity index (χ1) is 10.7. The Hall–Kier alpha value is -2.00. The van der Waals surface area contributed by atoms with Crippen LogP contribution in [0.2, 0.25) is 5.02 Å². The number of amides is 1. The molecule has 1 atom stereocenters. The maximum absolute atomic E-state index is 12.0. The highest BCUT2D eigenvalue weighted by atomic mass is 35.5. The number of halogens is 1. The lowest BCUT2D eigenvalue weighted by Gasteiger charge is -2.15. The number of carbonyl (C=O) groups excluding carboxylic acids is 1. The summed E-state index contributed by atoms with van der Waals surface area (Å²) in [4.78, 5) is 12.0. The summed E-state index contributed by atoms with van der Waals surface area (Å²) in [5.41, 5.74) is 1.28. The van der Waals surface area contributed by atoms with Crippen LogP contribution in [0.15, 0.2) is 54.6 Å². The van der Waals surface area contributed by atoms with E-state index in [9.17, 15) is 4.79 Å². The summed E-state index contributed by atoms with van der Waals surface area (Å²) in [5.74, 6) is 0.393. The van der Waals surface area contributed by atoms with Crippen molar-refractivity contribution in [1.29, 1.82) is 0 Å². The van der Waals surface area contributed by atoms with E-state index in [4.69, 9.17) is 16.3 Å². The topological polar surface area (TPSA) is 38.3 Å². The van der Waals surface area contributed by atoms with Crippen LogP contribution in [-0.4, -0.2) is 18.6 Å². The zero-order valence-electron chi connectivity index (χ0n) is 12.6. The van der Waals surface area contributed by atoms with Gasteiger partial charge in [-0.25, -0.2) is 0 Å². The van der Waals surface area contributed by atoms with Crippen molar-refractivity contribution in [2.75, 3.05) is 6.54 Å². The van der Waals surface area contributed by atoms with Gasteiger partial charge < -0.3 is 10.1 Å². The zero-order valence-corrected chi connectivity index (χ0v) is 13.3. The van der Waals surface area contributed by atoms with Gasteiger partial charge in [0.1, 0.15) is 5.75 Å². The summed E-state index contributed by atoms with van der Waals surface area (Å²) in [7, 11) is 0. The molecule has 0 bridgehead atoms. The number of benzene rings is 2. The summed E-state index contributed by atoms with van der Waals surface area (Å²) in [6.07, 6.45) is 1.27. The van der Waals surface area contributed by atoms with Crippen LogP contribution in [0.1, 0.15) is 18.9 Å². The van der Waals surface area contributed by atoms with E-state index in [0.717, 1.165) is 12.8 Å². The second kappa shape index (κ2) is 8.44. The van der Waals surface area contributed by atoms with Gasteiger partial charge in [-0.3, -0.25) is 4.79 Å². The van der Waals surface area contributed by atoms with Gasteiger partial charge in [-0.05, 0) is 37.5 Å². The number of aryl methyl sites for hydroxylation is 1. The summed E-state index contributed by atoms with van der Waals surface area (Å²) in [6.45, 7) is 2.35. The van der Waals surface area contributed by atoms with E-state index >= 15 is 0 Å². The minimum absolute atomic E-state index is 0.131. The molecule has 0 aliphatic carbocycles. The van der Waals surface area contributed by atoms with Crippen LogP contribution >= 0.6 is 11.6 Å². The van der Waals surface area contributed by atoms with Crippen molar-refractivity contribution in [2.24, 2.45) is 0 Å². The molecule has 2 aromatic carbocycles. The number of carbonyl (C=O) groups is 1. The number of hydrogen-bond acceptors (Lipinski definition) is 2. The predicted molar refractivity (Wildman–Crippen MR) is 89.3 cm³/mol. The van der Waals surface area contributed by atoms with Crippen molar-refractivity contribution < 1.29 is 9.53 Å². The normalized spacial score (nSPS) is 11.7. The van der Waals surface area contributed by atoms with Gasteiger partial charge in [0.15, 0.2) is 6.10 Å². The largest absolute Gasteiger partial charge is 0.479 e. The molecule has 0 aliphatic heterocycles. The number of nitrogens with one attached hydrogen (secondary N) is 1. The second-order valence-electron chi connectivity index (χ2n) is 5.07. The van der Waals surface area contributed by atoms with Gasteiger partial charge in [-0.2, -0.15) is 0 Å². The molecule has 0 saturated heterocycles. The Morgan fingerprint density at radius 1 is 1.14 bits per heavy atom. The van der Waals surface area contributed by atoms with E-state index in [0.29, 0.717) is 17.3 Å². The van der Waals surface area contributed by atoms with Crippen LogP contribution in [0.4, 0.5) is 0 Å². The van der Waals surface area contributed by atoms with Crippen molar-refractivity contribution in [1.82, 2.24) is 5.32 Å². The van der Waals surface area contributed by atoms with E-state index in [1.54, 1.807) is 19.1 Å². The van der Waals surface area contributed by atoms with Gasteiger partial charge in [0, 0.05) is 6.54 Å². The third-order valence-corrected chi connectivity index (χ3v) is 3.61. The molecule has 0 aromatic heterocycles. The van der Waals surface area contributed by atoms with Crippen molar-refractivity contribution in [3.8, 4) is 5.75 Å². The Morgan fingerprint density at radius 3 is 2.55 bits per heavy atom. The first-order valence-corrected chi connectivity index (χ1v) is 7.77. The van der Waals surface area contributed by atoms with E-state index in [1.165, 1.54) is 5.56 Å². The minimum atomic E-state index is -0.573. The minimum Gasteiger partial charge on any atom is -0.479 e. The van der Waals surface area contributed by atoms with E-state index in [2.05, 4.69) is 17.4 Å². The third kappa shape index (κ3) is 5.08. The Morgan fingerprint density at radius 2 is 1.82 bits per heavy atom. The standard InChI is InChI=1S/C18H20ClNO2/c1-14(22-17-12-6-5-11-16(17)19)18(21)20-13-7-10-15-8-3-2-4-9-15/h2-6,8-9,11-12,14H,7,10,13H2,1H3,(H,20,21)/t14-/m1/s1. The molecular weight excluding hydrogens is 298 g/mol. The number of ether oxygens (including phenoxy) is 1. The van der Waals surface area contributed by atoms with Gasteiger partial charge in [0.25, 0.3) is 5.91 Å². The van der Waals surface area contributed by atoms with Crippen LogP contribution in [0, 0.1) is 0 Å². The molecule has 0 aliphatic rings. The molecule has 0 fully saturated rings. The first-order valence-electron chi connectivity index (χ1n) is 7.39. The summed E-state index contributed by atoms with van der Waals surface area (Å²) in [5, 5.41) is 3.39. The smallest absolute Gasteiger partial charge is 0.260 e. The molecule has 3 nitrogen and oxygen atoms in total. The first kappa shape index (κ1) is 16.4. The Balaban J connectivity index is 1.71. The number of hydrogen-bond donors (Lipinski definition) is 1. The van der Waals surface area contributed by atoms with E-state index in [1.807, 2.05) is 30.3 Å². The molecule has 0 heterocycles. The number of para-hydroxylation sites is 1. The van der Waals surface area contributed by atoms with Crippen LogP contribution in [0.25, 0.3) is 0 Å². The lowest BCUT2D eigenvalue weighted by atomic mass is 10.1. The lowest BCUT2D eigenvalue weighted by molar-refractivity contribution is -0.127. The highest BCUT2D eigenvalue weighted by Crippen LogP contribution is 2.24. The van der Waals surface area contributed by atoms with Crippen molar-refractivity contribution in [3.63, 3.8) is 0 Å². The molecule has 0 saturated carbocycles. The van der Waals surface area contributed by atoms with E-state index in [-0.39, 0.29) is 5.91 Å². The fraction of sp³-hybridized carbons (Fsp3) is 0.278. The fourth-order valence-corrected chi connectivity index (χ4v) is 2.26. The molecule has 1 N–H and O–H groups in total. The molecule has 0 spiro atoms. The lowest BCUT2D eigenvalue weighted by Crippen LogP contribution is -2.37. The molecule has 4 heteroatoms. The van der Waals surface area contributed by atoms with Crippen LogP contribution in [0.3, 0.4) is 0 Å². The Labute approximate surface area is 136 Å². The van der Waals surface area contributed by atoms with Gasteiger partial charge in [-0.15, -0.1) is 0 Å². The summed E-state index contributed by atoms with van der Waals surface area (Å²) < 4.78 is 5.58. The van der Waals surface area contributed by atoms with Gasteiger partial charge in [0.2, 0.25) is 0 Å². The molecular formula is C18H20ClNO2. The van der Waals surface area contributed by atoms with Crippen LogP contribution in [0.5, 0.6) is 5.75 Å². The van der Waals surface area contributed by atoms with E-state index < -0.39 is 6.10 Å². The molecule has 22 heavy (non-hydrogen) atoms. The molecule has 2 rings (SSSR count). The molecule has 0 unspecified atom stereocenters. The fourth-order valence-electron chi connectivity index (χ4n) is 2.08. The van der Waals surface area contributed by atoms with Gasteiger partial charge in [-0.1, -0.05) is 54.1 Å². The third-order valence-electron chi connectivity index (χ3n) is 3.29. The van der Waals surface area contributed by atoms with Crippen molar-refractivity contribution in [2.45, 2.75) is 25.9 Å². The summed E-state index contributed by atoms with van der Waals surface area (Å²) in [6, 6.07) is 17.4. The predicted octanol–water partition coefficient (Wildman–Crippen LogP) is 3.86. The molecule has 1 amide bonds. The quantitative estimate of drug-likeness (QED) is 0.788. The van der Waals surface area contributed by atoms with Crippen molar-refractivity contribution >= 4 is 17.5 Å². The SMILES string of the molecule is C[C@@H](Oc1ccccc1Cl)C(=O)NCCCc1ccccc1. The average Bonchev–Trinajstić information content (AvgIpc) is 2.54. The van der Waals surface area contributed by atoms with Crippen LogP contribution in [-0.2, 0) is 11.2 Å². The summed E-state index contributed by atoms with van der Waals surface area (Å²) >= 11 is 6.01. The number of rotatable bonds is 7. The molecule has 116 valence electrons. The van der Waals surface area contributed by atoms with Gasteiger partial charge in [0.05, 0.1) is 5.02 Å². The maximum atomic E-state index is 12.0. The maximum Gasteiger partial charge on any atom is 0.260 e. The highest BCUT2D eigenvalue weighted by molar-refractivity contribution is 6.32. The Kier molecular flexibility index (Phi) is 6.28. The molecule has 0 radical (unpaired) electrons. The van der Waals surface area contributed by atoms with Crippen LogP contribution < -0.4 is 10.1 Å². The average molecular weight is 318 g/mol.